The van der Waals surface area contributed by atoms with E-state index in [4.69, 9.17) is 11.5 Å². The van der Waals surface area contributed by atoms with Crippen LogP contribution in [0.3, 0.4) is 0 Å². The van der Waals surface area contributed by atoms with Crippen LogP contribution in [0.4, 0.5) is 20.4 Å². The minimum Gasteiger partial charge on any atom is -0.382 e. The van der Waals surface area contributed by atoms with Crippen molar-refractivity contribution in [2.45, 2.75) is 13.8 Å². The van der Waals surface area contributed by atoms with E-state index < -0.39 is 0 Å². The summed E-state index contributed by atoms with van der Waals surface area (Å²) in [7, 11) is 0. The first-order chi connectivity index (χ1) is 13.7. The molecule has 0 saturated heterocycles. The number of nitrogens with two attached hydrogens (primary N) is 2. The zero-order valence-corrected chi connectivity index (χ0v) is 18.1. The molecular weight excluding hydrogens is 489 g/mol. The predicted octanol–water partition coefficient (Wildman–Crippen LogP) is 4.63. The highest BCUT2D eigenvalue weighted by Gasteiger charge is 2.03. The molecule has 0 aliphatic carbocycles. The van der Waals surface area contributed by atoms with Gasteiger partial charge in [0.2, 0.25) is 0 Å². The Hall–Kier alpha value is -2.95. The molecule has 0 spiro atoms. The molecule has 0 aliphatic rings. The Kier molecular flexibility index (Phi) is 8.13. The number of hydrogen-bond donors (Lipinski definition) is 3. The molecular formula is C20H21F2IN6. The van der Waals surface area contributed by atoms with Crippen molar-refractivity contribution in [2.75, 3.05) is 11.5 Å². The average Bonchev–Trinajstić information content (AvgIpc) is 3.22. The van der Waals surface area contributed by atoms with Gasteiger partial charge in [-0.25, -0.2) is 13.5 Å². The molecule has 0 bridgehead atoms. The molecule has 0 saturated carbocycles. The van der Waals surface area contributed by atoms with Crippen LogP contribution >= 0.6 is 22.6 Å². The predicted molar refractivity (Wildman–Crippen MR) is 120 cm³/mol. The van der Waals surface area contributed by atoms with Crippen LogP contribution in [-0.4, -0.2) is 20.0 Å². The van der Waals surface area contributed by atoms with Crippen LogP contribution in [0.5, 0.6) is 0 Å². The molecule has 2 aromatic carbocycles. The minimum atomic E-state index is -0.258. The number of nitrogens with zero attached hydrogens (tertiary/aromatic N) is 3. The topological polar surface area (TPSA) is 98.5 Å². The Morgan fingerprint density at radius 1 is 0.862 bits per heavy atom. The Balaban J connectivity index is 0.000000170. The summed E-state index contributed by atoms with van der Waals surface area (Å²) >= 11 is 2.13. The number of aryl methyl sites for hydroxylation is 2. The molecule has 152 valence electrons. The van der Waals surface area contributed by atoms with Crippen molar-refractivity contribution in [1.29, 1.82) is 0 Å². The van der Waals surface area contributed by atoms with Crippen molar-refractivity contribution >= 4 is 34.2 Å². The molecule has 0 unspecified atom stereocenters. The van der Waals surface area contributed by atoms with Gasteiger partial charge in [0.1, 0.15) is 23.3 Å². The number of nitrogen functional groups attached to an aromatic ring is 2. The van der Waals surface area contributed by atoms with E-state index in [0.29, 0.717) is 11.6 Å². The molecule has 0 radical (unpaired) electrons. The van der Waals surface area contributed by atoms with Crippen molar-refractivity contribution in [3.8, 4) is 5.69 Å². The fourth-order valence-corrected chi connectivity index (χ4v) is 2.57. The van der Waals surface area contributed by atoms with E-state index in [1.807, 2.05) is 13.8 Å². The molecule has 9 heteroatoms. The van der Waals surface area contributed by atoms with Gasteiger partial charge < -0.3 is 11.5 Å². The minimum absolute atomic E-state index is 0.176. The summed E-state index contributed by atoms with van der Waals surface area (Å²) in [4.78, 5) is 0. The summed E-state index contributed by atoms with van der Waals surface area (Å²) in [5, 5.41) is 10.4. The Bertz CT molecular complexity index is 989. The first-order valence-electron chi connectivity index (χ1n) is 8.51. The average molecular weight is 510 g/mol. The number of aromatic nitrogens is 4. The highest BCUT2D eigenvalue weighted by atomic mass is 127. The first kappa shape index (κ1) is 22.3. The lowest BCUT2D eigenvalue weighted by atomic mass is 10.3. The van der Waals surface area contributed by atoms with E-state index in [0.717, 1.165) is 20.6 Å². The molecule has 0 atom stereocenters. The van der Waals surface area contributed by atoms with Gasteiger partial charge in [0.25, 0.3) is 0 Å². The molecule has 0 aliphatic heterocycles. The number of rotatable bonds is 1. The van der Waals surface area contributed by atoms with E-state index in [9.17, 15) is 8.78 Å². The summed E-state index contributed by atoms with van der Waals surface area (Å²) < 4.78 is 27.5. The summed E-state index contributed by atoms with van der Waals surface area (Å²) in [6.45, 7) is 3.80. The smallest absolute Gasteiger partial charge is 0.146 e. The monoisotopic (exact) mass is 510 g/mol. The zero-order chi connectivity index (χ0) is 21.4. The lowest BCUT2D eigenvalue weighted by Gasteiger charge is -2.02. The maximum Gasteiger partial charge on any atom is 0.146 e. The fourth-order valence-electron chi connectivity index (χ4n) is 2.21. The SMILES string of the molecule is Cc1cc(N)n[nH]1.Cc1cc(N)nn1-c1ccc(F)cc1.Fc1ccc(I)cc1. The van der Waals surface area contributed by atoms with E-state index >= 15 is 0 Å². The van der Waals surface area contributed by atoms with Gasteiger partial charge in [-0.1, -0.05) is 0 Å². The Morgan fingerprint density at radius 2 is 1.41 bits per heavy atom. The third-order valence-corrected chi connectivity index (χ3v) is 4.23. The van der Waals surface area contributed by atoms with Crippen molar-refractivity contribution in [3.05, 3.63) is 87.3 Å². The molecule has 29 heavy (non-hydrogen) atoms. The second-order valence-corrected chi connectivity index (χ2v) is 7.26. The van der Waals surface area contributed by atoms with Crippen LogP contribution in [0.1, 0.15) is 11.4 Å². The van der Waals surface area contributed by atoms with E-state index in [-0.39, 0.29) is 11.6 Å². The van der Waals surface area contributed by atoms with Crippen LogP contribution in [-0.2, 0) is 0 Å². The maximum atomic E-state index is 12.7. The van der Waals surface area contributed by atoms with Gasteiger partial charge in [-0.3, -0.25) is 5.10 Å². The van der Waals surface area contributed by atoms with Crippen molar-refractivity contribution in [3.63, 3.8) is 0 Å². The third-order valence-electron chi connectivity index (χ3n) is 3.51. The number of nitrogens with one attached hydrogen (secondary N) is 1. The molecule has 2 aromatic heterocycles. The van der Waals surface area contributed by atoms with Gasteiger partial charge in [0, 0.05) is 27.1 Å². The molecule has 4 rings (SSSR count). The van der Waals surface area contributed by atoms with Crippen LogP contribution in [0.25, 0.3) is 5.69 Å². The van der Waals surface area contributed by atoms with E-state index in [1.165, 1.54) is 24.3 Å². The zero-order valence-electron chi connectivity index (χ0n) is 15.9. The highest BCUT2D eigenvalue weighted by molar-refractivity contribution is 14.1. The van der Waals surface area contributed by atoms with Gasteiger partial charge in [-0.15, -0.1) is 0 Å². The second-order valence-electron chi connectivity index (χ2n) is 6.01. The number of aromatic amines is 1. The fraction of sp³-hybridized carbons (Fsp3) is 0.100. The van der Waals surface area contributed by atoms with Gasteiger partial charge in [-0.05, 0) is 85.0 Å². The standard InChI is InChI=1S/C10H10FN3.C6H4FI.C4H7N3/c1-7-6-10(12)13-14(7)9-4-2-8(11)3-5-9;7-5-1-3-6(8)4-2-5;1-3-2-4(5)7-6-3/h2-6H,1H3,(H2,12,13);1-4H;2H,1H3,(H3,5,6,7). The Labute approximate surface area is 181 Å². The Morgan fingerprint density at radius 3 is 1.76 bits per heavy atom. The first-order valence-corrected chi connectivity index (χ1v) is 9.59. The van der Waals surface area contributed by atoms with E-state index in [2.05, 4.69) is 37.9 Å². The molecule has 0 amide bonds. The normalized spacial score (nSPS) is 9.83. The van der Waals surface area contributed by atoms with Crippen LogP contribution in [0.2, 0.25) is 0 Å². The van der Waals surface area contributed by atoms with Gasteiger partial charge in [0.05, 0.1) is 5.69 Å². The quantitative estimate of drug-likeness (QED) is 0.325. The van der Waals surface area contributed by atoms with Gasteiger partial charge in [-0.2, -0.15) is 10.2 Å². The van der Waals surface area contributed by atoms with Crippen molar-refractivity contribution in [2.24, 2.45) is 0 Å². The number of benzene rings is 2. The molecule has 0 fully saturated rings. The molecule has 4 aromatic rings. The number of halogens is 3. The number of hydrogen-bond acceptors (Lipinski definition) is 4. The van der Waals surface area contributed by atoms with Crippen LogP contribution in [0.15, 0.2) is 60.7 Å². The van der Waals surface area contributed by atoms with Crippen molar-refractivity contribution in [1.82, 2.24) is 20.0 Å². The van der Waals surface area contributed by atoms with Crippen LogP contribution < -0.4 is 11.5 Å². The molecule has 6 nitrogen and oxygen atoms in total. The summed E-state index contributed by atoms with van der Waals surface area (Å²) in [6.07, 6.45) is 0. The third kappa shape index (κ3) is 7.53. The largest absolute Gasteiger partial charge is 0.382 e. The van der Waals surface area contributed by atoms with Crippen molar-refractivity contribution < 1.29 is 8.78 Å². The highest BCUT2D eigenvalue weighted by Crippen LogP contribution is 2.13. The summed E-state index contributed by atoms with van der Waals surface area (Å²) in [6, 6.07) is 16.0. The second kappa shape index (κ2) is 10.6. The summed E-state index contributed by atoms with van der Waals surface area (Å²) in [5.74, 6) is 0.585. The lowest BCUT2D eigenvalue weighted by molar-refractivity contribution is 0.626. The van der Waals surface area contributed by atoms with Crippen LogP contribution in [0, 0.1) is 29.1 Å². The molecule has 2 heterocycles. The van der Waals surface area contributed by atoms with Gasteiger partial charge >= 0.3 is 0 Å². The lowest BCUT2D eigenvalue weighted by Crippen LogP contribution is -1.99. The van der Waals surface area contributed by atoms with Gasteiger partial charge in [0.15, 0.2) is 0 Å². The maximum absolute atomic E-state index is 12.7. The molecule has 5 N–H and O–H groups in total. The van der Waals surface area contributed by atoms with E-state index in [1.54, 1.807) is 41.1 Å². The summed E-state index contributed by atoms with van der Waals surface area (Å²) in [5.41, 5.74) is 13.5. The number of anilines is 2. The number of H-pyrrole nitrogens is 1.